The minimum atomic E-state index is -0.320. The van der Waals surface area contributed by atoms with Crippen LogP contribution in [-0.2, 0) is 16.2 Å². The lowest BCUT2D eigenvalue weighted by Crippen LogP contribution is -2.26. The third kappa shape index (κ3) is 7.76. The van der Waals surface area contributed by atoms with Gasteiger partial charge in [0.2, 0.25) is 0 Å². The van der Waals surface area contributed by atoms with Crippen LogP contribution in [0.3, 0.4) is 0 Å². The molecule has 71 heavy (non-hydrogen) atoms. The Balaban J connectivity index is 1.22. The van der Waals surface area contributed by atoms with Gasteiger partial charge in [-0.15, -0.1) is 0 Å². The maximum Gasteiger partial charge on any atom is 0.138 e. The van der Waals surface area contributed by atoms with E-state index in [1.165, 1.54) is 5.56 Å². The number of pyridine rings is 1. The first-order valence-corrected chi connectivity index (χ1v) is 24.7. The smallest absolute Gasteiger partial charge is 0.138 e. The summed E-state index contributed by atoms with van der Waals surface area (Å²) in [5.41, 5.74) is 16.2. The molecule has 0 spiro atoms. The van der Waals surface area contributed by atoms with Crippen molar-refractivity contribution in [2.75, 3.05) is 16.5 Å². The second-order valence-corrected chi connectivity index (χ2v) is 22.3. The van der Waals surface area contributed by atoms with Crippen molar-refractivity contribution in [1.82, 2.24) is 9.55 Å². The van der Waals surface area contributed by atoms with Gasteiger partial charge in [-0.2, -0.15) is 0 Å². The summed E-state index contributed by atoms with van der Waals surface area (Å²) in [6.07, 6.45) is 0. The van der Waals surface area contributed by atoms with Crippen LogP contribution in [0.15, 0.2) is 188 Å². The summed E-state index contributed by atoms with van der Waals surface area (Å²) in [5.74, 6) is 1.76. The highest BCUT2D eigenvalue weighted by molar-refractivity contribution is 6.09. The van der Waals surface area contributed by atoms with Gasteiger partial charge in [0, 0.05) is 45.3 Å². The SMILES string of the molecule is [2H]c1c([2H])c([2H])c2c(c1[2H])c1ccc3cc1n2-c1cc(C(C)(C)C)cc(n1)-c1cccc(c1)-c1ccccc1-c1cc(C(C)(C)C)cc(-c2ccccc2)c1N1CN(c2cc(cc(C(C)(C)C)c2)O3)c2ccccc21. The summed E-state index contributed by atoms with van der Waals surface area (Å²) in [5, 5.41) is 1.10. The first-order chi connectivity index (χ1) is 35.7. The van der Waals surface area contributed by atoms with Crippen LogP contribution in [0.25, 0.3) is 72.3 Å². The molecule has 350 valence electrons. The topological polar surface area (TPSA) is 33.5 Å². The van der Waals surface area contributed by atoms with Gasteiger partial charge in [-0.25, -0.2) is 4.98 Å². The Morgan fingerprint density at radius 3 is 1.86 bits per heavy atom. The van der Waals surface area contributed by atoms with E-state index in [1.807, 2.05) is 22.8 Å². The highest BCUT2D eigenvalue weighted by Gasteiger charge is 2.34. The van der Waals surface area contributed by atoms with Crippen LogP contribution in [0.2, 0.25) is 0 Å². The van der Waals surface area contributed by atoms with Crippen molar-refractivity contribution in [2.45, 2.75) is 78.6 Å². The van der Waals surface area contributed by atoms with Crippen LogP contribution in [0.4, 0.5) is 22.7 Å². The van der Waals surface area contributed by atoms with Crippen molar-refractivity contribution in [3.05, 3.63) is 205 Å². The molecular weight excluding hydrogens is 865 g/mol. The third-order valence-corrected chi connectivity index (χ3v) is 14.3. The molecule has 4 heterocycles. The number of aromatic nitrogens is 2. The van der Waals surface area contributed by atoms with E-state index >= 15 is 0 Å². The van der Waals surface area contributed by atoms with Gasteiger partial charge in [0.1, 0.15) is 24.0 Å². The standard InChI is InChI=1S/C66H60N4O/c1-64(2,3)45-33-48-39-50(34-45)71-49-30-31-54-53-26-15-16-27-58(53)70(61(54)40-49)62-38-47(66(7,8)9)37-57(67-62)44-23-19-22-43(32-44)51-24-13-14-25-52(51)56-36-46(65(4,5)6)35-55(42-20-11-10-12-21-42)63(56)69-41-68(48)59-28-17-18-29-60(59)69/h10-40H,41H2,1-9H3/i15D,16D,26D,27D. The van der Waals surface area contributed by atoms with Crippen LogP contribution in [0.1, 0.15) is 84.5 Å². The molecule has 0 aliphatic carbocycles. The minimum absolute atomic E-state index is 0.0991. The number of para-hydroxylation sites is 3. The molecule has 2 aliphatic heterocycles. The third-order valence-electron chi connectivity index (χ3n) is 14.3. The average molecular weight is 929 g/mol. The molecule has 2 aromatic heterocycles. The summed E-state index contributed by atoms with van der Waals surface area (Å²) >= 11 is 0. The van der Waals surface area contributed by atoms with Gasteiger partial charge < -0.3 is 14.5 Å². The number of rotatable bonds is 1. The van der Waals surface area contributed by atoms with E-state index in [0.717, 1.165) is 78.5 Å². The number of benzene rings is 8. The zero-order valence-electron chi connectivity index (χ0n) is 46.0. The van der Waals surface area contributed by atoms with Crippen molar-refractivity contribution < 1.29 is 10.2 Å². The molecule has 0 radical (unpaired) electrons. The van der Waals surface area contributed by atoms with Crippen molar-refractivity contribution in [3.63, 3.8) is 0 Å². The van der Waals surface area contributed by atoms with E-state index in [0.29, 0.717) is 45.8 Å². The number of hydrogen-bond donors (Lipinski definition) is 0. The quantitative estimate of drug-likeness (QED) is 0.164. The van der Waals surface area contributed by atoms with Crippen LogP contribution in [0.5, 0.6) is 11.5 Å². The molecule has 8 aromatic carbocycles. The molecule has 0 saturated carbocycles. The van der Waals surface area contributed by atoms with E-state index in [2.05, 4.69) is 218 Å². The largest absolute Gasteiger partial charge is 0.457 e. The van der Waals surface area contributed by atoms with Gasteiger partial charge in [-0.05, 0) is 128 Å². The van der Waals surface area contributed by atoms with E-state index in [9.17, 15) is 2.74 Å². The molecule has 10 aromatic rings. The van der Waals surface area contributed by atoms with Crippen LogP contribution in [0, 0.1) is 0 Å². The van der Waals surface area contributed by atoms with Crippen molar-refractivity contribution in [3.8, 4) is 62.0 Å². The Hall–Kier alpha value is -7.89. The van der Waals surface area contributed by atoms with Crippen molar-refractivity contribution >= 4 is 44.6 Å². The van der Waals surface area contributed by atoms with Crippen LogP contribution < -0.4 is 14.5 Å². The van der Waals surface area contributed by atoms with E-state index in [-0.39, 0.29) is 40.4 Å². The molecule has 5 heteroatoms. The fourth-order valence-corrected chi connectivity index (χ4v) is 10.4. The normalized spacial score (nSPS) is 14.2. The van der Waals surface area contributed by atoms with Crippen molar-refractivity contribution in [2.24, 2.45) is 0 Å². The zero-order chi connectivity index (χ0) is 52.5. The van der Waals surface area contributed by atoms with Crippen molar-refractivity contribution in [1.29, 1.82) is 0 Å². The first-order valence-electron chi connectivity index (χ1n) is 26.7. The second kappa shape index (κ2) is 16.3. The monoisotopic (exact) mass is 929 g/mol. The van der Waals surface area contributed by atoms with Gasteiger partial charge in [0.25, 0.3) is 0 Å². The molecule has 12 rings (SSSR count). The lowest BCUT2D eigenvalue weighted by atomic mass is 9.81. The molecule has 10 bridgehead atoms. The minimum Gasteiger partial charge on any atom is -0.457 e. The Morgan fingerprint density at radius 1 is 0.465 bits per heavy atom. The summed E-state index contributed by atoms with van der Waals surface area (Å²) in [6, 6.07) is 57.5. The summed E-state index contributed by atoms with van der Waals surface area (Å²) < 4.78 is 45.5. The molecule has 0 N–H and O–H groups in total. The summed E-state index contributed by atoms with van der Waals surface area (Å²) in [6.45, 7) is 20.6. The Kier molecular flexibility index (Phi) is 9.19. The van der Waals surface area contributed by atoms with E-state index < -0.39 is 0 Å². The zero-order valence-corrected chi connectivity index (χ0v) is 42.0. The fourth-order valence-electron chi connectivity index (χ4n) is 10.4. The van der Waals surface area contributed by atoms with Crippen LogP contribution >= 0.6 is 0 Å². The van der Waals surface area contributed by atoms with Gasteiger partial charge in [0.05, 0.1) is 39.3 Å². The number of nitrogens with zero attached hydrogens (tertiary/aromatic N) is 4. The molecule has 5 nitrogen and oxygen atoms in total. The number of ether oxygens (including phenoxy) is 1. The van der Waals surface area contributed by atoms with Gasteiger partial charge >= 0.3 is 0 Å². The molecule has 0 saturated heterocycles. The van der Waals surface area contributed by atoms with Gasteiger partial charge in [0.15, 0.2) is 0 Å². The Bertz CT molecular complexity index is 3970. The van der Waals surface area contributed by atoms with Gasteiger partial charge in [-0.3, -0.25) is 4.57 Å². The number of fused-ring (bicyclic) bond motifs is 23. The predicted molar refractivity (Wildman–Crippen MR) is 299 cm³/mol. The lowest BCUT2D eigenvalue weighted by Gasteiger charge is -2.31. The highest BCUT2D eigenvalue weighted by atomic mass is 16.5. The predicted octanol–water partition coefficient (Wildman–Crippen LogP) is 18.1. The Labute approximate surface area is 424 Å². The first kappa shape index (κ1) is 39.9. The molecular formula is C66H60N4O. The lowest BCUT2D eigenvalue weighted by molar-refractivity contribution is 0.479. The van der Waals surface area contributed by atoms with Crippen LogP contribution in [-0.4, -0.2) is 16.2 Å². The van der Waals surface area contributed by atoms with E-state index in [4.69, 9.17) is 12.5 Å². The summed E-state index contributed by atoms with van der Waals surface area (Å²) in [4.78, 5) is 10.4. The molecule has 0 atom stereocenters. The maximum atomic E-state index is 9.46. The number of hydrogen-bond acceptors (Lipinski definition) is 4. The second-order valence-electron chi connectivity index (χ2n) is 22.3. The van der Waals surface area contributed by atoms with E-state index in [1.54, 1.807) is 0 Å². The molecule has 2 aliphatic rings. The average Bonchev–Trinajstić information content (AvgIpc) is 3.97. The molecule has 0 amide bonds. The fraction of sp³-hybridized carbons (Fsp3) is 0.197. The number of anilines is 4. The Morgan fingerprint density at radius 2 is 1.10 bits per heavy atom. The summed E-state index contributed by atoms with van der Waals surface area (Å²) in [7, 11) is 0. The molecule has 0 fully saturated rings. The highest BCUT2D eigenvalue weighted by Crippen LogP contribution is 2.53. The molecule has 0 unspecified atom stereocenters. The maximum absolute atomic E-state index is 9.46. The van der Waals surface area contributed by atoms with Gasteiger partial charge in [-0.1, -0.05) is 165 Å².